The molecule has 1 saturated carbocycles. The molecule has 1 aromatic carbocycles. The molecule has 0 aliphatic heterocycles. The van der Waals surface area contributed by atoms with Crippen LogP contribution in [0.2, 0.25) is 0 Å². The lowest BCUT2D eigenvalue weighted by atomic mass is 9.96. The molecule has 1 aromatic heterocycles. The summed E-state index contributed by atoms with van der Waals surface area (Å²) in [6.07, 6.45) is 1.60. The highest BCUT2D eigenvalue weighted by molar-refractivity contribution is 9.10. The van der Waals surface area contributed by atoms with Gasteiger partial charge in [0.1, 0.15) is 5.56 Å². The van der Waals surface area contributed by atoms with Crippen molar-refractivity contribution in [3.05, 3.63) is 50.8 Å². The van der Waals surface area contributed by atoms with Crippen LogP contribution in [0.25, 0.3) is 0 Å². The molecule has 0 saturated heterocycles. The Bertz CT molecular complexity index is 975. The number of ether oxygens (including phenoxy) is 1. The van der Waals surface area contributed by atoms with Crippen LogP contribution >= 0.6 is 23.5 Å². The largest absolute Gasteiger partial charge is 0.461 e. The van der Waals surface area contributed by atoms with Gasteiger partial charge in [-0.15, -0.1) is 0 Å². The lowest BCUT2D eigenvalue weighted by Gasteiger charge is -2.16. The van der Waals surface area contributed by atoms with Crippen molar-refractivity contribution in [3.8, 4) is 0 Å². The van der Waals surface area contributed by atoms with Crippen LogP contribution in [0.3, 0.4) is 0 Å². The minimum atomic E-state index is -3.43. The van der Waals surface area contributed by atoms with E-state index >= 15 is 0 Å². The number of benzene rings is 1. The smallest absolute Gasteiger partial charge is 0.361 e. The van der Waals surface area contributed by atoms with Crippen molar-refractivity contribution in [2.45, 2.75) is 31.8 Å². The molecule has 156 valence electrons. The summed E-state index contributed by atoms with van der Waals surface area (Å²) in [6.45, 7) is 1.81. The van der Waals surface area contributed by atoms with E-state index in [1.165, 1.54) is 14.2 Å². The molecule has 0 amide bonds. The molecule has 8 nitrogen and oxygen atoms in total. The molecule has 0 atom stereocenters. The highest BCUT2D eigenvalue weighted by Gasteiger charge is 2.38. The van der Waals surface area contributed by atoms with Gasteiger partial charge in [0.05, 0.1) is 12.8 Å². The van der Waals surface area contributed by atoms with Crippen molar-refractivity contribution in [1.29, 1.82) is 0 Å². The van der Waals surface area contributed by atoms with E-state index in [1.807, 2.05) is 0 Å². The Kier molecular flexibility index (Phi) is 6.73. The van der Waals surface area contributed by atoms with Crippen LogP contribution in [0.5, 0.6) is 0 Å². The first kappa shape index (κ1) is 21.9. The summed E-state index contributed by atoms with van der Waals surface area (Å²) in [5, 5.41) is 3.81. The highest BCUT2D eigenvalue weighted by atomic mass is 79.9. The van der Waals surface area contributed by atoms with Crippen LogP contribution in [-0.4, -0.2) is 37.7 Å². The van der Waals surface area contributed by atoms with Gasteiger partial charge < -0.3 is 18.3 Å². The van der Waals surface area contributed by atoms with Crippen molar-refractivity contribution < 1.29 is 32.5 Å². The first-order chi connectivity index (χ1) is 13.8. The van der Waals surface area contributed by atoms with Gasteiger partial charge in [-0.25, -0.2) is 4.79 Å². The maximum Gasteiger partial charge on any atom is 0.361 e. The fourth-order valence-corrected chi connectivity index (χ4v) is 4.44. The van der Waals surface area contributed by atoms with Gasteiger partial charge in [0, 0.05) is 30.2 Å². The summed E-state index contributed by atoms with van der Waals surface area (Å²) in [7, 11) is -0.859. The fourth-order valence-electron chi connectivity index (χ4n) is 2.95. The average molecular weight is 486 g/mol. The molecule has 3 rings (SSSR count). The van der Waals surface area contributed by atoms with Crippen LogP contribution in [0.1, 0.15) is 63.4 Å². The Hall–Kier alpha value is -1.80. The monoisotopic (exact) mass is 485 g/mol. The van der Waals surface area contributed by atoms with Crippen LogP contribution in [0, 0.1) is 0 Å². The van der Waals surface area contributed by atoms with Crippen molar-refractivity contribution in [1.82, 2.24) is 5.16 Å². The number of aromatic nitrogens is 1. The Morgan fingerprint density at radius 2 is 1.97 bits per heavy atom. The summed E-state index contributed by atoms with van der Waals surface area (Å²) in [4.78, 5) is 25.8. The first-order valence-corrected chi connectivity index (χ1v) is 11.6. The number of esters is 1. The van der Waals surface area contributed by atoms with E-state index in [1.54, 1.807) is 25.1 Å². The number of hydrogen-bond acceptors (Lipinski definition) is 8. The minimum Gasteiger partial charge on any atom is -0.461 e. The fraction of sp³-hybridized carbons (Fsp3) is 0.421. The van der Waals surface area contributed by atoms with E-state index in [-0.39, 0.29) is 35.5 Å². The summed E-state index contributed by atoms with van der Waals surface area (Å²) in [6, 6.07) is 4.96. The number of rotatable bonds is 9. The molecule has 29 heavy (non-hydrogen) atoms. The molecule has 0 bridgehead atoms. The molecule has 2 aromatic rings. The van der Waals surface area contributed by atoms with Gasteiger partial charge in [0.15, 0.2) is 11.5 Å². The Labute approximate surface area is 176 Å². The van der Waals surface area contributed by atoms with Gasteiger partial charge in [-0.2, -0.15) is 0 Å². The van der Waals surface area contributed by atoms with Gasteiger partial charge in [-0.3, -0.25) is 9.36 Å². The third kappa shape index (κ3) is 4.69. The number of hydrogen-bond donors (Lipinski definition) is 0. The summed E-state index contributed by atoms with van der Waals surface area (Å²) >= 11 is 3.36. The van der Waals surface area contributed by atoms with Crippen LogP contribution < -0.4 is 0 Å². The second kappa shape index (κ2) is 8.92. The molecule has 1 fully saturated rings. The van der Waals surface area contributed by atoms with Crippen LogP contribution in [0.4, 0.5) is 0 Å². The lowest BCUT2D eigenvalue weighted by Crippen LogP contribution is -2.14. The summed E-state index contributed by atoms with van der Waals surface area (Å²) < 4.78 is 33.8. The van der Waals surface area contributed by atoms with Gasteiger partial charge in [0.25, 0.3) is 0 Å². The summed E-state index contributed by atoms with van der Waals surface area (Å²) in [5.74, 6) is -0.733. The molecular weight excluding hydrogens is 465 g/mol. The Morgan fingerprint density at radius 3 is 2.55 bits per heavy atom. The van der Waals surface area contributed by atoms with Crippen molar-refractivity contribution in [2.75, 3.05) is 20.8 Å². The van der Waals surface area contributed by atoms with Crippen molar-refractivity contribution in [2.24, 2.45) is 0 Å². The molecular formula is C19H21BrNO7P. The maximum absolute atomic E-state index is 13.5. The van der Waals surface area contributed by atoms with Crippen LogP contribution in [-0.2, 0) is 24.5 Å². The van der Waals surface area contributed by atoms with Gasteiger partial charge in [-0.05, 0) is 43.5 Å². The van der Waals surface area contributed by atoms with Crippen LogP contribution in [0.15, 0.2) is 27.2 Å². The molecule has 0 radical (unpaired) electrons. The van der Waals surface area contributed by atoms with E-state index in [2.05, 4.69) is 21.1 Å². The second-order valence-corrected chi connectivity index (χ2v) is 9.71. The SMILES string of the molecule is CCOC(=O)c1noc(C2CC2)c1C(=O)c1ccc(Br)cc1CP(=O)(OC)OC. The highest BCUT2D eigenvalue weighted by Crippen LogP contribution is 2.51. The molecule has 0 unspecified atom stereocenters. The Balaban J connectivity index is 2.08. The predicted octanol–water partition coefficient (Wildman–Crippen LogP) is 4.71. The number of carbonyl (C=O) groups excluding carboxylic acids is 2. The van der Waals surface area contributed by atoms with E-state index in [4.69, 9.17) is 18.3 Å². The third-order valence-corrected chi connectivity index (χ3v) is 6.93. The van der Waals surface area contributed by atoms with E-state index in [0.29, 0.717) is 15.8 Å². The Morgan fingerprint density at radius 1 is 1.28 bits per heavy atom. The topological polar surface area (TPSA) is 105 Å². The zero-order chi connectivity index (χ0) is 21.2. The lowest BCUT2D eigenvalue weighted by molar-refractivity contribution is 0.0512. The normalized spacial score (nSPS) is 14.1. The number of ketones is 1. The van der Waals surface area contributed by atoms with E-state index in [0.717, 1.165) is 12.8 Å². The van der Waals surface area contributed by atoms with Gasteiger partial charge >= 0.3 is 13.6 Å². The molecule has 1 heterocycles. The molecule has 0 N–H and O–H groups in total. The van der Waals surface area contributed by atoms with E-state index in [9.17, 15) is 14.2 Å². The maximum atomic E-state index is 13.5. The zero-order valence-corrected chi connectivity index (χ0v) is 18.7. The predicted molar refractivity (Wildman–Crippen MR) is 107 cm³/mol. The van der Waals surface area contributed by atoms with Gasteiger partial charge in [0.2, 0.25) is 5.69 Å². The first-order valence-electron chi connectivity index (χ1n) is 9.03. The third-order valence-electron chi connectivity index (χ3n) is 4.59. The molecule has 0 spiro atoms. The average Bonchev–Trinajstić information content (AvgIpc) is 3.45. The number of nitrogens with zero attached hydrogens (tertiary/aromatic N) is 1. The molecule has 1 aliphatic rings. The molecule has 10 heteroatoms. The minimum absolute atomic E-state index is 0.0487. The zero-order valence-electron chi connectivity index (χ0n) is 16.3. The second-order valence-electron chi connectivity index (χ2n) is 6.53. The van der Waals surface area contributed by atoms with Crippen molar-refractivity contribution in [3.63, 3.8) is 0 Å². The van der Waals surface area contributed by atoms with Crippen molar-refractivity contribution >= 4 is 35.3 Å². The number of halogens is 1. The molecule has 1 aliphatic carbocycles. The van der Waals surface area contributed by atoms with Gasteiger partial charge in [-0.1, -0.05) is 21.1 Å². The number of carbonyl (C=O) groups is 2. The summed E-state index contributed by atoms with van der Waals surface area (Å²) in [5.41, 5.74) is 0.667. The standard InChI is InChI=1S/C19H21BrNO7P/c1-4-27-19(23)16-15(18(28-21-16)11-5-6-11)17(22)14-8-7-13(20)9-12(14)10-29(24,25-2)26-3/h7-9,11H,4-6,10H2,1-3H3. The van der Waals surface area contributed by atoms with E-state index < -0.39 is 19.3 Å². The quantitative estimate of drug-likeness (QED) is 0.285.